The molecule has 1 atom stereocenters. The number of amides is 1. The van der Waals surface area contributed by atoms with Crippen LogP contribution in [-0.4, -0.2) is 51.0 Å². The van der Waals surface area contributed by atoms with E-state index in [1.807, 2.05) is 6.92 Å². The molecule has 0 bridgehead atoms. The average molecular weight is 286 g/mol. The predicted octanol–water partition coefficient (Wildman–Crippen LogP) is 1.46. The Morgan fingerprint density at radius 1 is 1.25 bits per heavy atom. The molecular formula is C15H30N2O3. The monoisotopic (exact) mass is 286 g/mol. The number of hydrogen-bond acceptors (Lipinski definition) is 4. The second-order valence-corrected chi connectivity index (χ2v) is 5.49. The first-order chi connectivity index (χ1) is 9.67. The number of ether oxygens (including phenoxy) is 2. The standard InChI is InChI=1S/C15H30N2O3/c1-4-9-16-13-5-7-14(8-6-13)20-12(2)15(18)17-10-11-19-3/h12-14,16H,4-11H2,1-3H3,(H,17,18). The first-order valence-electron chi connectivity index (χ1n) is 7.82. The van der Waals surface area contributed by atoms with Gasteiger partial charge in [0.05, 0.1) is 12.7 Å². The number of hydrogen-bond donors (Lipinski definition) is 2. The Labute approximate surface area is 122 Å². The molecule has 0 aromatic rings. The lowest BCUT2D eigenvalue weighted by Gasteiger charge is -2.30. The Bertz CT molecular complexity index is 266. The van der Waals surface area contributed by atoms with Crippen molar-refractivity contribution in [3.05, 3.63) is 0 Å². The number of carbonyl (C=O) groups excluding carboxylic acids is 1. The summed E-state index contributed by atoms with van der Waals surface area (Å²) in [6, 6.07) is 0.626. The van der Waals surface area contributed by atoms with Crippen molar-refractivity contribution in [2.45, 2.75) is 64.2 Å². The van der Waals surface area contributed by atoms with E-state index in [0.717, 1.165) is 32.2 Å². The van der Waals surface area contributed by atoms with E-state index in [1.165, 1.54) is 6.42 Å². The maximum Gasteiger partial charge on any atom is 0.248 e. The van der Waals surface area contributed by atoms with Crippen molar-refractivity contribution in [1.29, 1.82) is 0 Å². The highest BCUT2D eigenvalue weighted by Gasteiger charge is 2.24. The Kier molecular flexibility index (Phi) is 8.82. The molecule has 5 heteroatoms. The minimum Gasteiger partial charge on any atom is -0.383 e. The minimum absolute atomic E-state index is 0.0479. The molecule has 0 aromatic carbocycles. The van der Waals surface area contributed by atoms with Gasteiger partial charge in [0.2, 0.25) is 5.91 Å². The zero-order chi connectivity index (χ0) is 14.8. The Hall–Kier alpha value is -0.650. The summed E-state index contributed by atoms with van der Waals surface area (Å²) in [6.45, 7) is 6.17. The Morgan fingerprint density at radius 3 is 2.55 bits per heavy atom. The third-order valence-electron chi connectivity index (χ3n) is 3.73. The second kappa shape index (κ2) is 10.1. The highest BCUT2D eigenvalue weighted by molar-refractivity contribution is 5.80. The maximum absolute atomic E-state index is 11.8. The van der Waals surface area contributed by atoms with Gasteiger partial charge in [-0.3, -0.25) is 4.79 Å². The van der Waals surface area contributed by atoms with E-state index in [0.29, 0.717) is 19.2 Å². The molecule has 0 heterocycles. The minimum atomic E-state index is -0.378. The molecule has 1 unspecified atom stereocenters. The van der Waals surface area contributed by atoms with E-state index in [-0.39, 0.29) is 18.1 Å². The molecule has 5 nitrogen and oxygen atoms in total. The van der Waals surface area contributed by atoms with E-state index in [4.69, 9.17) is 9.47 Å². The summed E-state index contributed by atoms with van der Waals surface area (Å²) < 4.78 is 10.8. The van der Waals surface area contributed by atoms with Crippen molar-refractivity contribution in [2.24, 2.45) is 0 Å². The molecule has 1 aliphatic rings. The molecule has 0 aliphatic heterocycles. The van der Waals surface area contributed by atoms with Crippen molar-refractivity contribution < 1.29 is 14.3 Å². The lowest BCUT2D eigenvalue weighted by Crippen LogP contribution is -2.41. The van der Waals surface area contributed by atoms with Gasteiger partial charge in [0.1, 0.15) is 6.10 Å². The van der Waals surface area contributed by atoms with Crippen molar-refractivity contribution in [3.8, 4) is 0 Å². The molecule has 1 rings (SSSR count). The summed E-state index contributed by atoms with van der Waals surface area (Å²) in [5.41, 5.74) is 0. The Morgan fingerprint density at radius 2 is 1.95 bits per heavy atom. The molecule has 1 amide bonds. The first kappa shape index (κ1) is 17.4. The summed E-state index contributed by atoms with van der Waals surface area (Å²) in [4.78, 5) is 11.8. The molecule has 1 saturated carbocycles. The molecule has 20 heavy (non-hydrogen) atoms. The van der Waals surface area contributed by atoms with Crippen LogP contribution >= 0.6 is 0 Å². The maximum atomic E-state index is 11.8. The van der Waals surface area contributed by atoms with Crippen molar-refractivity contribution in [3.63, 3.8) is 0 Å². The van der Waals surface area contributed by atoms with Crippen LogP contribution in [0.1, 0.15) is 46.0 Å². The van der Waals surface area contributed by atoms with Crippen molar-refractivity contribution >= 4 is 5.91 Å². The zero-order valence-corrected chi connectivity index (χ0v) is 13.1. The van der Waals surface area contributed by atoms with Gasteiger partial charge in [0, 0.05) is 19.7 Å². The van der Waals surface area contributed by atoms with Crippen LogP contribution in [0.4, 0.5) is 0 Å². The molecule has 1 aliphatic carbocycles. The second-order valence-electron chi connectivity index (χ2n) is 5.49. The van der Waals surface area contributed by atoms with E-state index in [1.54, 1.807) is 7.11 Å². The largest absolute Gasteiger partial charge is 0.383 e. The molecule has 1 fully saturated rings. The third kappa shape index (κ3) is 6.68. The van der Waals surface area contributed by atoms with E-state index >= 15 is 0 Å². The summed E-state index contributed by atoms with van der Waals surface area (Å²) in [6.07, 6.45) is 5.38. The van der Waals surface area contributed by atoms with Crippen LogP contribution in [0, 0.1) is 0 Å². The van der Waals surface area contributed by atoms with Crippen molar-refractivity contribution in [1.82, 2.24) is 10.6 Å². The van der Waals surface area contributed by atoms with Crippen LogP contribution < -0.4 is 10.6 Å². The van der Waals surface area contributed by atoms with Crippen LogP contribution in [-0.2, 0) is 14.3 Å². The fraction of sp³-hybridized carbons (Fsp3) is 0.933. The van der Waals surface area contributed by atoms with Gasteiger partial charge in [-0.1, -0.05) is 6.92 Å². The molecule has 0 spiro atoms. The van der Waals surface area contributed by atoms with Gasteiger partial charge >= 0.3 is 0 Å². The first-order valence-corrected chi connectivity index (χ1v) is 7.82. The normalized spacial score (nSPS) is 24.4. The molecule has 118 valence electrons. The van der Waals surface area contributed by atoms with E-state index in [2.05, 4.69) is 17.6 Å². The predicted molar refractivity (Wildman–Crippen MR) is 79.8 cm³/mol. The van der Waals surface area contributed by atoms with Gasteiger partial charge in [0.25, 0.3) is 0 Å². The Balaban J connectivity index is 2.17. The molecule has 0 aromatic heterocycles. The van der Waals surface area contributed by atoms with Crippen LogP contribution in [0.2, 0.25) is 0 Å². The number of rotatable bonds is 9. The van der Waals surface area contributed by atoms with E-state index in [9.17, 15) is 4.79 Å². The van der Waals surface area contributed by atoms with Crippen molar-refractivity contribution in [2.75, 3.05) is 26.8 Å². The lowest BCUT2D eigenvalue weighted by molar-refractivity contribution is -0.136. The molecule has 0 radical (unpaired) electrons. The SMILES string of the molecule is CCCNC1CCC(OC(C)C(=O)NCCOC)CC1. The fourth-order valence-corrected chi connectivity index (χ4v) is 2.52. The van der Waals surface area contributed by atoms with Crippen LogP contribution in [0.25, 0.3) is 0 Å². The van der Waals surface area contributed by atoms with Crippen LogP contribution in [0.5, 0.6) is 0 Å². The third-order valence-corrected chi connectivity index (χ3v) is 3.73. The average Bonchev–Trinajstić information content (AvgIpc) is 2.46. The number of methoxy groups -OCH3 is 1. The lowest BCUT2D eigenvalue weighted by atomic mass is 9.93. The van der Waals surface area contributed by atoms with Gasteiger partial charge in [-0.15, -0.1) is 0 Å². The molecule has 0 saturated heterocycles. The summed E-state index contributed by atoms with van der Waals surface area (Å²) in [5, 5.41) is 6.36. The quantitative estimate of drug-likeness (QED) is 0.630. The number of carbonyl (C=O) groups is 1. The van der Waals surface area contributed by atoms with Gasteiger partial charge in [0.15, 0.2) is 0 Å². The topological polar surface area (TPSA) is 59.6 Å². The highest BCUT2D eigenvalue weighted by atomic mass is 16.5. The van der Waals surface area contributed by atoms with Crippen LogP contribution in [0.15, 0.2) is 0 Å². The van der Waals surface area contributed by atoms with Gasteiger partial charge in [-0.25, -0.2) is 0 Å². The number of nitrogens with one attached hydrogen (secondary N) is 2. The van der Waals surface area contributed by atoms with Gasteiger partial charge in [-0.05, 0) is 45.6 Å². The molecular weight excluding hydrogens is 256 g/mol. The summed E-state index contributed by atoms with van der Waals surface area (Å²) in [5.74, 6) is -0.0479. The van der Waals surface area contributed by atoms with E-state index < -0.39 is 0 Å². The highest BCUT2D eigenvalue weighted by Crippen LogP contribution is 2.22. The van der Waals surface area contributed by atoms with Gasteiger partial charge in [-0.2, -0.15) is 0 Å². The van der Waals surface area contributed by atoms with Gasteiger partial charge < -0.3 is 20.1 Å². The smallest absolute Gasteiger partial charge is 0.248 e. The molecule has 2 N–H and O–H groups in total. The summed E-state index contributed by atoms with van der Waals surface area (Å²) >= 11 is 0. The zero-order valence-electron chi connectivity index (χ0n) is 13.1. The van der Waals surface area contributed by atoms with Crippen LogP contribution in [0.3, 0.4) is 0 Å². The summed E-state index contributed by atoms with van der Waals surface area (Å²) in [7, 11) is 1.62. The fourth-order valence-electron chi connectivity index (χ4n) is 2.52.